The van der Waals surface area contributed by atoms with Crippen molar-refractivity contribution in [2.24, 2.45) is 7.05 Å². The second-order valence-electron chi connectivity index (χ2n) is 8.52. The minimum absolute atomic E-state index is 0.142. The normalized spacial score (nSPS) is 15.2. The first-order valence-electron chi connectivity index (χ1n) is 11.1. The van der Waals surface area contributed by atoms with Crippen molar-refractivity contribution in [1.82, 2.24) is 28.0 Å². The molecule has 33 heavy (non-hydrogen) atoms. The number of nitrogens with zero attached hydrogens (tertiary/aromatic N) is 6. The van der Waals surface area contributed by atoms with Crippen LogP contribution < -0.4 is 11.2 Å². The standard InChI is InChI=1S/C23H27FN6O3/c1-15-16(2)30-19-20(25-22(30)28(15)9-8-27-10-12-33-13-11-27)26(3)23(32)29(21(19)31)14-17-6-4-5-7-18(17)24/h4-7H,8-14H2,1-3H3. The lowest BCUT2D eigenvalue weighted by Gasteiger charge is -2.26. The number of hydrogen-bond acceptors (Lipinski definition) is 5. The van der Waals surface area contributed by atoms with Crippen LogP contribution in [-0.4, -0.2) is 60.8 Å². The zero-order chi connectivity index (χ0) is 23.3. The Kier molecular flexibility index (Phi) is 5.41. The molecule has 4 heterocycles. The highest BCUT2D eigenvalue weighted by molar-refractivity contribution is 5.76. The number of aromatic nitrogens is 5. The van der Waals surface area contributed by atoms with Crippen molar-refractivity contribution in [3.8, 4) is 0 Å². The van der Waals surface area contributed by atoms with Crippen LogP contribution in [0.4, 0.5) is 4.39 Å². The maximum atomic E-state index is 14.2. The number of ether oxygens (including phenoxy) is 1. The molecule has 1 aliphatic heterocycles. The molecule has 0 aliphatic carbocycles. The van der Waals surface area contributed by atoms with Gasteiger partial charge in [0.15, 0.2) is 11.2 Å². The van der Waals surface area contributed by atoms with Crippen molar-refractivity contribution in [2.45, 2.75) is 26.9 Å². The Morgan fingerprint density at radius 3 is 2.48 bits per heavy atom. The smallest absolute Gasteiger partial charge is 0.332 e. The molecular weight excluding hydrogens is 427 g/mol. The Hall–Kier alpha value is -3.24. The maximum Gasteiger partial charge on any atom is 0.332 e. The van der Waals surface area contributed by atoms with Gasteiger partial charge in [-0.25, -0.2) is 9.18 Å². The number of aryl methyl sites for hydroxylation is 2. The largest absolute Gasteiger partial charge is 0.379 e. The molecular formula is C23H27FN6O3. The first kappa shape index (κ1) is 21.6. The van der Waals surface area contributed by atoms with Gasteiger partial charge in [0.05, 0.1) is 19.8 Å². The summed E-state index contributed by atoms with van der Waals surface area (Å²) >= 11 is 0. The van der Waals surface area contributed by atoms with E-state index in [0.717, 1.165) is 48.8 Å². The van der Waals surface area contributed by atoms with Gasteiger partial charge in [-0.3, -0.25) is 23.2 Å². The molecule has 0 N–H and O–H groups in total. The average Bonchev–Trinajstić information content (AvgIpc) is 3.31. The lowest BCUT2D eigenvalue weighted by Crippen LogP contribution is -2.39. The highest BCUT2D eigenvalue weighted by atomic mass is 19.1. The van der Waals surface area contributed by atoms with Gasteiger partial charge in [-0.15, -0.1) is 0 Å². The van der Waals surface area contributed by atoms with Crippen molar-refractivity contribution in [2.75, 3.05) is 32.8 Å². The van der Waals surface area contributed by atoms with E-state index >= 15 is 0 Å². The topological polar surface area (TPSA) is 78.7 Å². The fourth-order valence-electron chi connectivity index (χ4n) is 4.59. The molecule has 0 bridgehead atoms. The molecule has 9 nitrogen and oxygen atoms in total. The van der Waals surface area contributed by atoms with Crippen LogP contribution in [0, 0.1) is 19.7 Å². The first-order chi connectivity index (χ1) is 15.9. The molecule has 0 spiro atoms. The monoisotopic (exact) mass is 454 g/mol. The van der Waals surface area contributed by atoms with Crippen LogP contribution in [0.2, 0.25) is 0 Å². The highest BCUT2D eigenvalue weighted by Gasteiger charge is 2.23. The third kappa shape index (κ3) is 3.50. The van der Waals surface area contributed by atoms with Crippen LogP contribution in [-0.2, 0) is 24.9 Å². The summed E-state index contributed by atoms with van der Waals surface area (Å²) in [5.74, 6) is 0.176. The number of imidazole rings is 2. The molecule has 174 valence electrons. The molecule has 3 aromatic heterocycles. The van der Waals surface area contributed by atoms with Gasteiger partial charge in [0.1, 0.15) is 5.82 Å². The number of benzene rings is 1. The van der Waals surface area contributed by atoms with E-state index in [-0.39, 0.29) is 12.1 Å². The van der Waals surface area contributed by atoms with E-state index in [1.54, 1.807) is 25.2 Å². The van der Waals surface area contributed by atoms with Crippen molar-refractivity contribution in [3.63, 3.8) is 0 Å². The molecule has 5 rings (SSSR count). The summed E-state index contributed by atoms with van der Waals surface area (Å²) in [6.45, 7) is 8.61. The molecule has 0 radical (unpaired) electrons. The van der Waals surface area contributed by atoms with Gasteiger partial charge in [0, 0.05) is 50.2 Å². The van der Waals surface area contributed by atoms with Crippen molar-refractivity contribution < 1.29 is 9.13 Å². The summed E-state index contributed by atoms with van der Waals surface area (Å²) in [4.78, 5) is 33.6. The minimum atomic E-state index is -0.522. The van der Waals surface area contributed by atoms with Crippen LogP contribution in [0.3, 0.4) is 0 Å². The van der Waals surface area contributed by atoms with Gasteiger partial charge < -0.3 is 9.30 Å². The van der Waals surface area contributed by atoms with Gasteiger partial charge in [-0.1, -0.05) is 18.2 Å². The fourth-order valence-corrected chi connectivity index (χ4v) is 4.59. The SMILES string of the molecule is Cc1c(C)n2c3c(=O)n(Cc4ccccc4F)c(=O)n(C)c3nc2n1CCN1CCOCC1. The Balaban J connectivity index is 1.65. The van der Waals surface area contributed by atoms with Crippen LogP contribution in [0.15, 0.2) is 33.9 Å². The van der Waals surface area contributed by atoms with Crippen LogP contribution in [0.1, 0.15) is 17.0 Å². The number of morpholine rings is 1. The first-order valence-corrected chi connectivity index (χ1v) is 11.1. The fraction of sp³-hybridized carbons (Fsp3) is 0.435. The van der Waals surface area contributed by atoms with E-state index in [9.17, 15) is 14.0 Å². The Labute approximate surface area is 189 Å². The molecule has 0 atom stereocenters. The quantitative estimate of drug-likeness (QED) is 0.454. The summed E-state index contributed by atoms with van der Waals surface area (Å²) in [5.41, 5.74) is 1.85. The van der Waals surface area contributed by atoms with E-state index < -0.39 is 17.1 Å². The van der Waals surface area contributed by atoms with E-state index in [1.807, 2.05) is 18.2 Å². The van der Waals surface area contributed by atoms with E-state index in [4.69, 9.17) is 9.72 Å². The Morgan fingerprint density at radius 1 is 1.03 bits per heavy atom. The van der Waals surface area contributed by atoms with Gasteiger partial charge in [-0.05, 0) is 19.9 Å². The zero-order valence-corrected chi connectivity index (χ0v) is 19.0. The molecule has 1 fully saturated rings. The Morgan fingerprint density at radius 2 is 1.76 bits per heavy atom. The van der Waals surface area contributed by atoms with E-state index in [2.05, 4.69) is 9.47 Å². The highest BCUT2D eigenvalue weighted by Crippen LogP contribution is 2.21. The predicted octanol–water partition coefficient (Wildman–Crippen LogP) is 1.29. The van der Waals surface area contributed by atoms with Crippen LogP contribution in [0.25, 0.3) is 16.9 Å². The number of rotatable bonds is 5. The molecule has 1 aliphatic rings. The molecule has 1 aromatic carbocycles. The minimum Gasteiger partial charge on any atom is -0.379 e. The van der Waals surface area contributed by atoms with Crippen molar-refractivity contribution in [1.29, 1.82) is 0 Å². The average molecular weight is 455 g/mol. The van der Waals surface area contributed by atoms with Crippen LogP contribution in [0.5, 0.6) is 0 Å². The molecule has 0 amide bonds. The third-order valence-corrected chi connectivity index (χ3v) is 6.66. The second kappa shape index (κ2) is 8.27. The zero-order valence-electron chi connectivity index (χ0n) is 19.0. The lowest BCUT2D eigenvalue weighted by atomic mass is 10.2. The van der Waals surface area contributed by atoms with Crippen molar-refractivity contribution in [3.05, 3.63) is 67.9 Å². The van der Waals surface area contributed by atoms with Gasteiger partial charge >= 0.3 is 5.69 Å². The van der Waals surface area contributed by atoms with Crippen molar-refractivity contribution >= 4 is 16.9 Å². The molecule has 1 saturated heterocycles. The molecule has 4 aromatic rings. The summed E-state index contributed by atoms with van der Waals surface area (Å²) < 4.78 is 26.0. The molecule has 0 saturated carbocycles. The molecule has 10 heteroatoms. The van der Waals surface area contributed by atoms with Gasteiger partial charge in [0.2, 0.25) is 5.78 Å². The third-order valence-electron chi connectivity index (χ3n) is 6.66. The summed E-state index contributed by atoms with van der Waals surface area (Å²) in [6, 6.07) is 6.16. The summed E-state index contributed by atoms with van der Waals surface area (Å²) in [6.07, 6.45) is 0. The Bertz CT molecular complexity index is 1470. The summed E-state index contributed by atoms with van der Waals surface area (Å²) in [5, 5.41) is 0. The maximum absolute atomic E-state index is 14.2. The van der Waals surface area contributed by atoms with Crippen LogP contribution >= 0.6 is 0 Å². The molecule has 0 unspecified atom stereocenters. The van der Waals surface area contributed by atoms with Gasteiger partial charge in [0.25, 0.3) is 5.56 Å². The number of fused-ring (bicyclic) bond motifs is 3. The summed E-state index contributed by atoms with van der Waals surface area (Å²) in [7, 11) is 1.59. The number of hydrogen-bond donors (Lipinski definition) is 0. The van der Waals surface area contributed by atoms with E-state index in [0.29, 0.717) is 23.5 Å². The second-order valence-corrected chi connectivity index (χ2v) is 8.52. The van der Waals surface area contributed by atoms with E-state index in [1.165, 1.54) is 10.6 Å². The predicted molar refractivity (Wildman–Crippen MR) is 122 cm³/mol. The van der Waals surface area contributed by atoms with Gasteiger partial charge in [-0.2, -0.15) is 4.98 Å². The number of halogens is 1. The lowest BCUT2D eigenvalue weighted by molar-refractivity contribution is 0.0364.